The number of esters is 1. The molecule has 1 aromatic rings. The minimum atomic E-state index is -0.175. The molecule has 1 saturated carbocycles. The van der Waals surface area contributed by atoms with Crippen molar-refractivity contribution in [3.63, 3.8) is 0 Å². The summed E-state index contributed by atoms with van der Waals surface area (Å²) in [5, 5.41) is 0. The van der Waals surface area contributed by atoms with Crippen molar-refractivity contribution in [2.24, 2.45) is 23.7 Å². The van der Waals surface area contributed by atoms with E-state index in [2.05, 4.69) is 26.0 Å². The molecule has 0 saturated heterocycles. The molecule has 3 nitrogen and oxygen atoms in total. The van der Waals surface area contributed by atoms with Crippen LogP contribution in [0.1, 0.15) is 39.2 Å². The van der Waals surface area contributed by atoms with Gasteiger partial charge in [-0.15, -0.1) is 0 Å². The zero-order chi connectivity index (χ0) is 15.9. The quantitative estimate of drug-likeness (QED) is 0.712. The van der Waals surface area contributed by atoms with Crippen LogP contribution in [-0.2, 0) is 20.9 Å². The molecular weight excluding hydrogens is 276 g/mol. The zero-order valence-electron chi connectivity index (χ0n) is 14.0. The average molecular weight is 304 g/mol. The Balaban J connectivity index is 1.79. The Labute approximate surface area is 134 Å². The van der Waals surface area contributed by atoms with E-state index in [0.717, 1.165) is 6.61 Å². The Kier molecular flexibility index (Phi) is 6.44. The van der Waals surface area contributed by atoms with E-state index in [9.17, 15) is 4.79 Å². The largest absolute Gasteiger partial charge is 0.466 e. The summed E-state index contributed by atoms with van der Waals surface area (Å²) in [6, 6.07) is 10.3. The maximum atomic E-state index is 11.1. The maximum Gasteiger partial charge on any atom is 0.302 e. The van der Waals surface area contributed by atoms with Crippen LogP contribution in [0.15, 0.2) is 30.3 Å². The number of rotatable bonds is 7. The highest BCUT2D eigenvalue weighted by Crippen LogP contribution is 2.41. The van der Waals surface area contributed by atoms with E-state index < -0.39 is 0 Å². The first-order chi connectivity index (χ1) is 10.6. The van der Waals surface area contributed by atoms with E-state index in [0.29, 0.717) is 36.9 Å². The minimum absolute atomic E-state index is 0.175. The van der Waals surface area contributed by atoms with Gasteiger partial charge in [-0.3, -0.25) is 4.79 Å². The summed E-state index contributed by atoms with van der Waals surface area (Å²) < 4.78 is 11.2. The first-order valence-corrected chi connectivity index (χ1v) is 8.33. The first kappa shape index (κ1) is 17.0. The van der Waals surface area contributed by atoms with Crippen molar-refractivity contribution in [2.45, 2.75) is 40.2 Å². The third-order valence-electron chi connectivity index (χ3n) is 4.94. The molecule has 1 fully saturated rings. The highest BCUT2D eigenvalue weighted by molar-refractivity contribution is 5.65. The van der Waals surface area contributed by atoms with Crippen LogP contribution in [0.3, 0.4) is 0 Å². The van der Waals surface area contributed by atoms with E-state index >= 15 is 0 Å². The van der Waals surface area contributed by atoms with E-state index in [1.54, 1.807) is 0 Å². The Morgan fingerprint density at radius 2 is 2.00 bits per heavy atom. The SMILES string of the molecule is CC(=O)OC[C@H]1[C@@H]([C@@H](C)COCc2ccccc2)CC[C@@H]1C. The molecule has 0 heterocycles. The summed E-state index contributed by atoms with van der Waals surface area (Å²) in [4.78, 5) is 11.1. The van der Waals surface area contributed by atoms with Gasteiger partial charge in [0.15, 0.2) is 0 Å². The van der Waals surface area contributed by atoms with Gasteiger partial charge in [-0.2, -0.15) is 0 Å². The lowest BCUT2D eigenvalue weighted by Crippen LogP contribution is -2.27. The van der Waals surface area contributed by atoms with E-state index in [1.807, 2.05) is 18.2 Å². The molecule has 0 bridgehead atoms. The van der Waals surface area contributed by atoms with Gasteiger partial charge in [0.25, 0.3) is 0 Å². The number of hydrogen-bond donors (Lipinski definition) is 0. The Morgan fingerprint density at radius 3 is 2.68 bits per heavy atom. The smallest absolute Gasteiger partial charge is 0.302 e. The molecule has 0 unspecified atom stereocenters. The third-order valence-corrected chi connectivity index (χ3v) is 4.94. The predicted octanol–water partition coefficient (Wildman–Crippen LogP) is 4.06. The van der Waals surface area contributed by atoms with Gasteiger partial charge in [-0.05, 0) is 35.7 Å². The average Bonchev–Trinajstić information content (AvgIpc) is 2.87. The van der Waals surface area contributed by atoms with Crippen LogP contribution in [0.25, 0.3) is 0 Å². The summed E-state index contributed by atoms with van der Waals surface area (Å²) in [7, 11) is 0. The lowest BCUT2D eigenvalue weighted by molar-refractivity contribution is -0.143. The van der Waals surface area contributed by atoms with Crippen LogP contribution in [0.5, 0.6) is 0 Å². The second-order valence-electron chi connectivity index (χ2n) is 6.66. The van der Waals surface area contributed by atoms with Crippen LogP contribution in [0.4, 0.5) is 0 Å². The molecule has 0 spiro atoms. The van der Waals surface area contributed by atoms with Crippen molar-refractivity contribution in [2.75, 3.05) is 13.2 Å². The molecule has 2 rings (SSSR count). The van der Waals surface area contributed by atoms with Crippen LogP contribution in [0, 0.1) is 23.7 Å². The Morgan fingerprint density at radius 1 is 1.27 bits per heavy atom. The highest BCUT2D eigenvalue weighted by atomic mass is 16.5. The number of benzene rings is 1. The predicted molar refractivity (Wildman–Crippen MR) is 87.3 cm³/mol. The van der Waals surface area contributed by atoms with Crippen molar-refractivity contribution in [1.29, 1.82) is 0 Å². The third kappa shape index (κ3) is 4.84. The van der Waals surface area contributed by atoms with Gasteiger partial charge in [0.2, 0.25) is 0 Å². The van der Waals surface area contributed by atoms with Crippen molar-refractivity contribution < 1.29 is 14.3 Å². The summed E-state index contributed by atoms with van der Waals surface area (Å²) in [6.45, 7) is 8.01. The van der Waals surface area contributed by atoms with Gasteiger partial charge in [-0.25, -0.2) is 0 Å². The van der Waals surface area contributed by atoms with Gasteiger partial charge in [0, 0.05) is 13.5 Å². The second-order valence-corrected chi connectivity index (χ2v) is 6.66. The van der Waals surface area contributed by atoms with Crippen LogP contribution in [-0.4, -0.2) is 19.2 Å². The summed E-state index contributed by atoms with van der Waals surface area (Å²) in [6.07, 6.45) is 2.43. The summed E-state index contributed by atoms with van der Waals surface area (Å²) in [5.41, 5.74) is 1.21. The fraction of sp³-hybridized carbons (Fsp3) is 0.632. The normalized spacial score (nSPS) is 25.9. The Hall–Kier alpha value is -1.35. The van der Waals surface area contributed by atoms with Crippen LogP contribution >= 0.6 is 0 Å². The highest BCUT2D eigenvalue weighted by Gasteiger charge is 2.37. The van der Waals surface area contributed by atoms with Crippen molar-refractivity contribution in [3.05, 3.63) is 35.9 Å². The molecule has 0 amide bonds. The summed E-state index contributed by atoms with van der Waals surface area (Å²) >= 11 is 0. The monoisotopic (exact) mass is 304 g/mol. The molecule has 22 heavy (non-hydrogen) atoms. The maximum absolute atomic E-state index is 11.1. The van der Waals surface area contributed by atoms with Gasteiger partial charge >= 0.3 is 5.97 Å². The van der Waals surface area contributed by atoms with Crippen LogP contribution in [0.2, 0.25) is 0 Å². The summed E-state index contributed by atoms with van der Waals surface area (Å²) in [5.74, 6) is 2.00. The molecule has 3 heteroatoms. The fourth-order valence-corrected chi connectivity index (χ4v) is 3.57. The zero-order valence-corrected chi connectivity index (χ0v) is 14.0. The molecule has 1 aliphatic rings. The molecule has 0 radical (unpaired) electrons. The van der Waals surface area contributed by atoms with Gasteiger partial charge < -0.3 is 9.47 Å². The van der Waals surface area contributed by atoms with Crippen molar-refractivity contribution in [3.8, 4) is 0 Å². The van der Waals surface area contributed by atoms with Crippen LogP contribution < -0.4 is 0 Å². The van der Waals surface area contributed by atoms with E-state index in [4.69, 9.17) is 9.47 Å². The molecule has 4 atom stereocenters. The fourth-order valence-electron chi connectivity index (χ4n) is 3.57. The molecule has 1 aliphatic carbocycles. The lowest BCUT2D eigenvalue weighted by Gasteiger charge is -2.27. The number of carbonyl (C=O) groups is 1. The van der Waals surface area contributed by atoms with E-state index in [-0.39, 0.29) is 5.97 Å². The standard InChI is InChI=1S/C19H28O3/c1-14-9-10-18(19(14)13-22-16(3)20)15(2)11-21-12-17-7-5-4-6-8-17/h4-8,14-15,18-19H,9-13H2,1-3H3/t14-,15-,18+,19+/m0/s1. The number of ether oxygens (including phenoxy) is 2. The Bertz CT molecular complexity index is 457. The number of hydrogen-bond acceptors (Lipinski definition) is 3. The van der Waals surface area contributed by atoms with Gasteiger partial charge in [0.1, 0.15) is 0 Å². The molecule has 0 aromatic heterocycles. The van der Waals surface area contributed by atoms with Gasteiger partial charge in [-0.1, -0.05) is 50.6 Å². The minimum Gasteiger partial charge on any atom is -0.466 e. The number of carbonyl (C=O) groups excluding carboxylic acids is 1. The van der Waals surface area contributed by atoms with E-state index in [1.165, 1.54) is 25.3 Å². The van der Waals surface area contributed by atoms with Crippen molar-refractivity contribution >= 4 is 5.97 Å². The van der Waals surface area contributed by atoms with Crippen molar-refractivity contribution in [1.82, 2.24) is 0 Å². The molecule has 0 aliphatic heterocycles. The molecule has 122 valence electrons. The lowest BCUT2D eigenvalue weighted by atomic mass is 9.83. The first-order valence-electron chi connectivity index (χ1n) is 8.33. The second kappa shape index (κ2) is 8.33. The molecule has 0 N–H and O–H groups in total. The topological polar surface area (TPSA) is 35.5 Å². The molecule has 1 aromatic carbocycles. The van der Waals surface area contributed by atoms with Gasteiger partial charge in [0.05, 0.1) is 13.2 Å². The molecular formula is C19H28O3.